The van der Waals surface area contributed by atoms with Crippen LogP contribution in [0.3, 0.4) is 0 Å². The monoisotopic (exact) mass is 344 g/mol. The Hall–Kier alpha value is -2.08. The number of hydrogen-bond donors (Lipinski definition) is 2. The van der Waals surface area contributed by atoms with E-state index in [2.05, 4.69) is 22.3 Å². The Kier molecular flexibility index (Phi) is 5.91. The molecule has 136 valence electrons. The van der Waals surface area contributed by atoms with E-state index in [4.69, 9.17) is 5.73 Å². The van der Waals surface area contributed by atoms with Crippen LogP contribution in [0.4, 0.5) is 16.2 Å². The zero-order valence-electron chi connectivity index (χ0n) is 14.7. The Morgan fingerprint density at radius 3 is 2.32 bits per heavy atom. The summed E-state index contributed by atoms with van der Waals surface area (Å²) in [6, 6.07) is 7.76. The van der Waals surface area contributed by atoms with Crippen molar-refractivity contribution in [3.05, 3.63) is 24.3 Å². The van der Waals surface area contributed by atoms with Crippen LogP contribution in [0.15, 0.2) is 24.3 Å². The van der Waals surface area contributed by atoms with Gasteiger partial charge in [0.1, 0.15) is 0 Å². The molecule has 2 aliphatic heterocycles. The van der Waals surface area contributed by atoms with Gasteiger partial charge in [-0.2, -0.15) is 0 Å². The third-order valence-electron chi connectivity index (χ3n) is 5.26. The van der Waals surface area contributed by atoms with Gasteiger partial charge in [0.2, 0.25) is 5.91 Å². The Morgan fingerprint density at radius 1 is 1.00 bits per heavy atom. The average molecular weight is 344 g/mol. The minimum atomic E-state index is -0.331. The second kappa shape index (κ2) is 8.34. The molecule has 0 unspecified atom stereocenters. The predicted octanol–water partition coefficient (Wildman–Crippen LogP) is 2.48. The first-order valence-corrected chi connectivity index (χ1v) is 9.34. The number of benzene rings is 1. The summed E-state index contributed by atoms with van der Waals surface area (Å²) in [5.74, 6) is 0.629. The Bertz CT molecular complexity index is 594. The fourth-order valence-electron chi connectivity index (χ4n) is 3.71. The molecule has 3 N–H and O–H groups in total. The van der Waals surface area contributed by atoms with Crippen LogP contribution in [0.1, 0.15) is 38.5 Å². The maximum absolute atomic E-state index is 11.9. The van der Waals surface area contributed by atoms with Crippen molar-refractivity contribution in [2.24, 2.45) is 11.7 Å². The van der Waals surface area contributed by atoms with E-state index < -0.39 is 0 Å². The third kappa shape index (κ3) is 4.51. The van der Waals surface area contributed by atoms with Crippen LogP contribution in [-0.4, -0.2) is 38.1 Å². The number of urea groups is 1. The Labute approximate surface area is 149 Å². The van der Waals surface area contributed by atoms with Gasteiger partial charge in [-0.15, -0.1) is 0 Å². The summed E-state index contributed by atoms with van der Waals surface area (Å²) in [6.07, 6.45) is 6.51. The largest absolute Gasteiger partial charge is 0.372 e. The van der Waals surface area contributed by atoms with E-state index in [1.165, 1.54) is 31.4 Å². The SMILES string of the molecule is NCCCCC1CCN(c2ccc(N3CCC(=O)NC3=O)cc2)CC1. The first kappa shape index (κ1) is 17.7. The molecule has 0 spiro atoms. The van der Waals surface area contributed by atoms with Crippen LogP contribution in [-0.2, 0) is 4.79 Å². The number of nitrogens with one attached hydrogen (secondary N) is 1. The van der Waals surface area contributed by atoms with Crippen molar-refractivity contribution in [3.8, 4) is 0 Å². The molecule has 0 aliphatic carbocycles. The van der Waals surface area contributed by atoms with Gasteiger partial charge in [0.15, 0.2) is 0 Å². The molecule has 6 heteroatoms. The van der Waals surface area contributed by atoms with Crippen molar-refractivity contribution in [2.75, 3.05) is 36.0 Å². The first-order chi connectivity index (χ1) is 12.2. The summed E-state index contributed by atoms with van der Waals surface area (Å²) >= 11 is 0. The van der Waals surface area contributed by atoms with Crippen molar-refractivity contribution in [1.82, 2.24) is 5.32 Å². The van der Waals surface area contributed by atoms with Crippen LogP contribution < -0.4 is 20.9 Å². The fourth-order valence-corrected chi connectivity index (χ4v) is 3.71. The Morgan fingerprint density at radius 2 is 1.68 bits per heavy atom. The summed E-state index contributed by atoms with van der Waals surface area (Å²) in [6.45, 7) is 3.42. The van der Waals surface area contributed by atoms with Gasteiger partial charge in [0, 0.05) is 37.4 Å². The first-order valence-electron chi connectivity index (χ1n) is 9.34. The third-order valence-corrected chi connectivity index (χ3v) is 5.26. The molecular weight excluding hydrogens is 316 g/mol. The summed E-state index contributed by atoms with van der Waals surface area (Å²) in [5.41, 5.74) is 7.61. The summed E-state index contributed by atoms with van der Waals surface area (Å²) in [7, 11) is 0. The van der Waals surface area contributed by atoms with Crippen LogP contribution in [0.25, 0.3) is 0 Å². The second-order valence-corrected chi connectivity index (χ2v) is 6.99. The van der Waals surface area contributed by atoms with Gasteiger partial charge < -0.3 is 10.6 Å². The molecule has 2 fully saturated rings. The molecule has 6 nitrogen and oxygen atoms in total. The summed E-state index contributed by atoms with van der Waals surface area (Å²) in [5, 5.41) is 2.36. The lowest BCUT2D eigenvalue weighted by molar-refractivity contribution is -0.120. The molecule has 1 aromatic carbocycles. The number of imide groups is 1. The smallest absolute Gasteiger partial charge is 0.328 e. The van der Waals surface area contributed by atoms with Gasteiger partial charge in [-0.1, -0.05) is 12.8 Å². The van der Waals surface area contributed by atoms with Gasteiger partial charge in [-0.25, -0.2) is 4.79 Å². The molecular formula is C19H28N4O2. The van der Waals surface area contributed by atoms with Crippen LogP contribution >= 0.6 is 0 Å². The highest BCUT2D eigenvalue weighted by molar-refractivity contribution is 6.05. The molecule has 3 amide bonds. The molecule has 3 rings (SSSR count). The van der Waals surface area contributed by atoms with Gasteiger partial charge in [0.25, 0.3) is 0 Å². The topological polar surface area (TPSA) is 78.7 Å². The molecule has 25 heavy (non-hydrogen) atoms. The average Bonchev–Trinajstić information content (AvgIpc) is 2.63. The number of amides is 3. The van der Waals surface area contributed by atoms with Crippen molar-refractivity contribution < 1.29 is 9.59 Å². The number of rotatable bonds is 6. The number of nitrogens with zero attached hydrogens (tertiary/aromatic N) is 2. The highest BCUT2D eigenvalue weighted by Gasteiger charge is 2.24. The Balaban J connectivity index is 1.53. The molecule has 0 saturated carbocycles. The predicted molar refractivity (Wildman–Crippen MR) is 99.8 cm³/mol. The maximum atomic E-state index is 11.9. The van der Waals surface area contributed by atoms with Crippen molar-refractivity contribution in [3.63, 3.8) is 0 Å². The number of carbonyl (C=O) groups excluding carboxylic acids is 2. The molecule has 0 bridgehead atoms. The zero-order chi connectivity index (χ0) is 17.6. The van der Waals surface area contributed by atoms with E-state index >= 15 is 0 Å². The highest BCUT2D eigenvalue weighted by atomic mass is 16.2. The van der Waals surface area contributed by atoms with E-state index in [-0.39, 0.29) is 11.9 Å². The van der Waals surface area contributed by atoms with E-state index in [0.29, 0.717) is 13.0 Å². The molecule has 2 aliphatic rings. The maximum Gasteiger partial charge on any atom is 0.328 e. The fraction of sp³-hybridized carbons (Fsp3) is 0.579. The van der Waals surface area contributed by atoms with E-state index in [1.54, 1.807) is 4.90 Å². The van der Waals surface area contributed by atoms with Gasteiger partial charge >= 0.3 is 6.03 Å². The van der Waals surface area contributed by atoms with Crippen LogP contribution in [0, 0.1) is 5.92 Å². The van der Waals surface area contributed by atoms with Gasteiger partial charge in [-0.05, 0) is 56.0 Å². The van der Waals surface area contributed by atoms with E-state index in [1.807, 2.05) is 12.1 Å². The van der Waals surface area contributed by atoms with E-state index in [9.17, 15) is 9.59 Å². The van der Waals surface area contributed by atoms with Gasteiger partial charge in [-0.3, -0.25) is 15.0 Å². The number of nitrogens with two attached hydrogens (primary N) is 1. The molecule has 1 aromatic rings. The number of carbonyl (C=O) groups is 2. The summed E-state index contributed by atoms with van der Waals surface area (Å²) in [4.78, 5) is 27.2. The zero-order valence-corrected chi connectivity index (χ0v) is 14.7. The number of piperidine rings is 1. The number of hydrogen-bond acceptors (Lipinski definition) is 4. The lowest BCUT2D eigenvalue weighted by Crippen LogP contribution is -2.49. The van der Waals surface area contributed by atoms with Gasteiger partial charge in [0.05, 0.1) is 0 Å². The van der Waals surface area contributed by atoms with Crippen molar-refractivity contribution in [2.45, 2.75) is 38.5 Å². The second-order valence-electron chi connectivity index (χ2n) is 6.99. The molecule has 2 saturated heterocycles. The molecule has 0 aromatic heterocycles. The molecule has 0 radical (unpaired) electrons. The van der Waals surface area contributed by atoms with Crippen molar-refractivity contribution in [1.29, 1.82) is 0 Å². The molecule has 0 atom stereocenters. The van der Waals surface area contributed by atoms with E-state index in [0.717, 1.165) is 37.7 Å². The van der Waals surface area contributed by atoms with Crippen molar-refractivity contribution >= 4 is 23.3 Å². The lowest BCUT2D eigenvalue weighted by atomic mass is 9.91. The number of anilines is 2. The van der Waals surface area contributed by atoms with Crippen LogP contribution in [0.2, 0.25) is 0 Å². The highest BCUT2D eigenvalue weighted by Crippen LogP contribution is 2.28. The minimum Gasteiger partial charge on any atom is -0.372 e. The lowest BCUT2D eigenvalue weighted by Gasteiger charge is -2.34. The quantitative estimate of drug-likeness (QED) is 0.777. The standard InChI is InChI=1S/C19H28N4O2/c20-11-2-1-3-15-8-12-22(13-9-15)16-4-6-17(7-5-16)23-14-10-18(24)21-19(23)25/h4-7,15H,1-3,8-14,20H2,(H,21,24,25). The minimum absolute atomic E-state index is 0.202. The van der Waals surface area contributed by atoms with Crippen LogP contribution in [0.5, 0.6) is 0 Å². The molecule has 2 heterocycles. The summed E-state index contributed by atoms with van der Waals surface area (Å²) < 4.78 is 0. The number of unbranched alkanes of at least 4 members (excludes halogenated alkanes) is 1. The normalized spacial score (nSPS) is 19.2.